The van der Waals surface area contributed by atoms with Crippen molar-refractivity contribution < 1.29 is 14.3 Å². The smallest absolute Gasteiger partial charge is 0.414 e. The minimum atomic E-state index is -0.562. The second-order valence-corrected chi connectivity index (χ2v) is 6.40. The van der Waals surface area contributed by atoms with Gasteiger partial charge in [-0.3, -0.25) is 9.69 Å². The van der Waals surface area contributed by atoms with E-state index in [1.807, 2.05) is 64.0 Å². The summed E-state index contributed by atoms with van der Waals surface area (Å²) in [5.41, 5.74) is 1.21. The highest BCUT2D eigenvalue weighted by Crippen LogP contribution is 2.23. The Kier molecular flexibility index (Phi) is 6.82. The van der Waals surface area contributed by atoms with Crippen LogP contribution in [0.15, 0.2) is 36.4 Å². The molecule has 5 heteroatoms. The molecule has 0 aliphatic heterocycles. The quantitative estimate of drug-likeness (QED) is 0.593. The summed E-state index contributed by atoms with van der Waals surface area (Å²) >= 11 is 0. The first-order valence-electron chi connectivity index (χ1n) is 7.63. The van der Waals surface area contributed by atoms with Crippen LogP contribution in [0.25, 0.3) is 0 Å². The molecule has 0 saturated carbocycles. The Hall–Kier alpha value is -2.30. The number of ether oxygens (including phenoxy) is 1. The lowest BCUT2D eigenvalue weighted by atomic mass is 10.2. The van der Waals surface area contributed by atoms with Gasteiger partial charge in [0.1, 0.15) is 11.9 Å². The van der Waals surface area contributed by atoms with E-state index in [1.165, 1.54) is 6.08 Å². The zero-order valence-corrected chi connectivity index (χ0v) is 14.6. The molecule has 1 aromatic rings. The highest BCUT2D eigenvalue weighted by molar-refractivity contribution is 5.88. The standard InChI is InChI=1S/C18H26N2O3/c1-18(2,3)23-17(22)20(12-7-6-8-13-21)16-11-9-10-15(14-16)19(4)5/h6,8-11,13-14H,7,12H2,1-5H3/b8-6+. The topological polar surface area (TPSA) is 49.9 Å². The molecule has 1 amide bonds. The molecule has 0 heterocycles. The van der Waals surface area contributed by atoms with Gasteiger partial charge in [-0.2, -0.15) is 0 Å². The van der Waals surface area contributed by atoms with E-state index in [-0.39, 0.29) is 0 Å². The monoisotopic (exact) mass is 318 g/mol. The van der Waals surface area contributed by atoms with E-state index in [1.54, 1.807) is 11.0 Å². The van der Waals surface area contributed by atoms with E-state index in [0.717, 1.165) is 17.7 Å². The van der Waals surface area contributed by atoms with Crippen LogP contribution in [0.1, 0.15) is 27.2 Å². The Morgan fingerprint density at radius 1 is 1.22 bits per heavy atom. The van der Waals surface area contributed by atoms with Crippen LogP contribution in [-0.4, -0.2) is 38.6 Å². The fraction of sp³-hybridized carbons (Fsp3) is 0.444. The minimum absolute atomic E-state index is 0.395. The van der Waals surface area contributed by atoms with Crippen LogP contribution in [0.3, 0.4) is 0 Å². The first-order chi connectivity index (χ1) is 10.7. The van der Waals surface area contributed by atoms with Crippen molar-refractivity contribution in [2.75, 3.05) is 30.4 Å². The number of rotatable bonds is 6. The van der Waals surface area contributed by atoms with Crippen LogP contribution >= 0.6 is 0 Å². The van der Waals surface area contributed by atoms with Gasteiger partial charge in [0.2, 0.25) is 0 Å². The molecule has 5 nitrogen and oxygen atoms in total. The first-order valence-corrected chi connectivity index (χ1v) is 7.63. The van der Waals surface area contributed by atoms with E-state index in [0.29, 0.717) is 13.0 Å². The number of carbonyl (C=O) groups excluding carboxylic acids is 2. The largest absolute Gasteiger partial charge is 0.443 e. The van der Waals surface area contributed by atoms with Crippen molar-refractivity contribution in [3.05, 3.63) is 36.4 Å². The molecule has 0 spiro atoms. The maximum Gasteiger partial charge on any atom is 0.414 e. The Morgan fingerprint density at radius 3 is 2.43 bits per heavy atom. The molecule has 0 fully saturated rings. The number of anilines is 2. The van der Waals surface area contributed by atoms with E-state index >= 15 is 0 Å². The summed E-state index contributed by atoms with van der Waals surface area (Å²) in [6.45, 7) is 5.96. The Bertz CT molecular complexity index is 560. The van der Waals surface area contributed by atoms with Gasteiger partial charge in [-0.1, -0.05) is 12.1 Å². The molecule has 1 aromatic carbocycles. The third-order valence-electron chi connectivity index (χ3n) is 3.01. The second kappa shape index (κ2) is 8.36. The average Bonchev–Trinajstić information content (AvgIpc) is 2.45. The number of allylic oxidation sites excluding steroid dienone is 1. The van der Waals surface area contributed by atoms with Gasteiger partial charge < -0.3 is 9.64 Å². The van der Waals surface area contributed by atoms with Gasteiger partial charge in [0, 0.05) is 32.0 Å². The first kappa shape index (κ1) is 18.7. The second-order valence-electron chi connectivity index (χ2n) is 6.40. The van der Waals surface area contributed by atoms with Gasteiger partial charge in [0.05, 0.1) is 0 Å². The molecule has 0 unspecified atom stereocenters. The highest BCUT2D eigenvalue weighted by Gasteiger charge is 2.23. The number of aldehydes is 1. The van der Waals surface area contributed by atoms with Crippen LogP contribution in [0.4, 0.5) is 16.2 Å². The van der Waals surface area contributed by atoms with E-state index in [4.69, 9.17) is 4.74 Å². The summed E-state index contributed by atoms with van der Waals surface area (Å²) in [6, 6.07) is 7.69. The highest BCUT2D eigenvalue weighted by atomic mass is 16.6. The van der Waals surface area contributed by atoms with E-state index in [2.05, 4.69) is 0 Å². The summed E-state index contributed by atoms with van der Waals surface area (Å²) in [7, 11) is 3.90. The molecule has 0 atom stereocenters. The molecule has 0 aliphatic rings. The summed E-state index contributed by atoms with van der Waals surface area (Å²) in [6.07, 6.45) is 4.08. The predicted octanol–water partition coefficient (Wildman–Crippen LogP) is 3.64. The lowest BCUT2D eigenvalue weighted by Crippen LogP contribution is -2.37. The number of hydrogen-bond donors (Lipinski definition) is 0. The number of nitrogens with zero attached hydrogens (tertiary/aromatic N) is 2. The number of hydrogen-bond acceptors (Lipinski definition) is 4. The van der Waals surface area contributed by atoms with Crippen molar-refractivity contribution in [3.63, 3.8) is 0 Å². The molecule has 0 aliphatic carbocycles. The lowest BCUT2D eigenvalue weighted by Gasteiger charge is -2.28. The van der Waals surface area contributed by atoms with E-state index < -0.39 is 11.7 Å². The Labute approximate surface area is 138 Å². The molecule has 1 rings (SSSR count). The van der Waals surface area contributed by atoms with Crippen LogP contribution in [0, 0.1) is 0 Å². The van der Waals surface area contributed by atoms with E-state index in [9.17, 15) is 9.59 Å². The number of benzene rings is 1. The SMILES string of the molecule is CN(C)c1cccc(N(CC/C=C/C=O)C(=O)OC(C)(C)C)c1. The van der Waals surface area contributed by atoms with Gasteiger partial charge in [-0.15, -0.1) is 0 Å². The van der Waals surface area contributed by atoms with Crippen molar-refractivity contribution in [2.24, 2.45) is 0 Å². The van der Waals surface area contributed by atoms with Crippen molar-refractivity contribution in [3.8, 4) is 0 Å². The normalized spacial score (nSPS) is 11.3. The molecule has 0 radical (unpaired) electrons. The Balaban J connectivity index is 3.02. The van der Waals surface area contributed by atoms with Crippen molar-refractivity contribution in [2.45, 2.75) is 32.8 Å². The van der Waals surface area contributed by atoms with Crippen molar-refractivity contribution in [1.29, 1.82) is 0 Å². The van der Waals surface area contributed by atoms with Crippen molar-refractivity contribution >= 4 is 23.8 Å². The molecule has 0 N–H and O–H groups in total. The van der Waals surface area contributed by atoms with Crippen LogP contribution in [-0.2, 0) is 9.53 Å². The summed E-state index contributed by atoms with van der Waals surface area (Å²) in [4.78, 5) is 26.4. The molecular weight excluding hydrogens is 292 g/mol. The zero-order valence-electron chi connectivity index (χ0n) is 14.6. The summed E-state index contributed by atoms with van der Waals surface area (Å²) in [5, 5.41) is 0. The molecule has 23 heavy (non-hydrogen) atoms. The van der Waals surface area contributed by atoms with Crippen molar-refractivity contribution in [1.82, 2.24) is 0 Å². The minimum Gasteiger partial charge on any atom is -0.443 e. The molecular formula is C18H26N2O3. The predicted molar refractivity (Wildman–Crippen MR) is 94.2 cm³/mol. The molecule has 126 valence electrons. The van der Waals surface area contributed by atoms with Gasteiger partial charge in [0.25, 0.3) is 0 Å². The lowest BCUT2D eigenvalue weighted by molar-refractivity contribution is -0.104. The van der Waals surface area contributed by atoms with Gasteiger partial charge in [0.15, 0.2) is 0 Å². The van der Waals surface area contributed by atoms with Crippen LogP contribution < -0.4 is 9.80 Å². The molecule has 0 saturated heterocycles. The third kappa shape index (κ3) is 6.55. The summed E-state index contributed by atoms with van der Waals surface area (Å²) < 4.78 is 5.49. The maximum absolute atomic E-state index is 12.5. The fourth-order valence-electron chi connectivity index (χ4n) is 1.94. The molecule has 0 aromatic heterocycles. The zero-order chi connectivity index (χ0) is 17.5. The number of amides is 1. The average molecular weight is 318 g/mol. The van der Waals surface area contributed by atoms with Crippen LogP contribution in [0.5, 0.6) is 0 Å². The third-order valence-corrected chi connectivity index (χ3v) is 3.01. The maximum atomic E-state index is 12.5. The fourth-order valence-corrected chi connectivity index (χ4v) is 1.94. The van der Waals surface area contributed by atoms with Gasteiger partial charge in [-0.25, -0.2) is 4.79 Å². The van der Waals surface area contributed by atoms with Gasteiger partial charge >= 0.3 is 6.09 Å². The summed E-state index contributed by atoms with van der Waals surface area (Å²) in [5.74, 6) is 0. The Morgan fingerprint density at radius 2 is 1.87 bits per heavy atom. The van der Waals surface area contributed by atoms with Gasteiger partial charge in [-0.05, 0) is 51.5 Å². The van der Waals surface area contributed by atoms with Crippen LogP contribution in [0.2, 0.25) is 0 Å². The molecule has 0 bridgehead atoms. The number of carbonyl (C=O) groups is 2.